The van der Waals surface area contributed by atoms with E-state index in [1.807, 2.05) is 36.5 Å². The number of ketones is 1. The second kappa shape index (κ2) is 7.97. The number of aromatic nitrogens is 3. The lowest BCUT2D eigenvalue weighted by molar-refractivity contribution is -0.127. The summed E-state index contributed by atoms with van der Waals surface area (Å²) < 4.78 is 5.42. The number of carbonyl (C=O) groups excluding carboxylic acids is 1. The number of pyridine rings is 1. The fraction of sp³-hybridized carbons (Fsp3) is 0.391. The molecule has 29 heavy (non-hydrogen) atoms. The first kappa shape index (κ1) is 18.3. The molecule has 1 aromatic carbocycles. The summed E-state index contributed by atoms with van der Waals surface area (Å²) in [4.78, 5) is 19.7. The molecule has 6 heteroatoms. The maximum atomic E-state index is 12.7. The minimum Gasteiger partial charge on any atom is -0.379 e. The van der Waals surface area contributed by atoms with Crippen molar-refractivity contribution in [2.75, 3.05) is 26.3 Å². The minimum atomic E-state index is 0.172. The largest absolute Gasteiger partial charge is 0.379 e. The fourth-order valence-corrected chi connectivity index (χ4v) is 4.31. The van der Waals surface area contributed by atoms with Gasteiger partial charge in [0.15, 0.2) is 0 Å². The number of nitrogens with zero attached hydrogens (tertiary/aromatic N) is 4. The highest BCUT2D eigenvalue weighted by Crippen LogP contribution is 2.33. The Labute approximate surface area is 169 Å². The second-order valence-electron chi connectivity index (χ2n) is 7.96. The van der Waals surface area contributed by atoms with Crippen molar-refractivity contribution in [3.05, 3.63) is 54.5 Å². The molecule has 0 amide bonds. The summed E-state index contributed by atoms with van der Waals surface area (Å²) in [6.07, 6.45) is 5.89. The Balaban J connectivity index is 1.26. The van der Waals surface area contributed by atoms with Gasteiger partial charge in [0.25, 0.3) is 0 Å². The van der Waals surface area contributed by atoms with E-state index in [2.05, 4.69) is 26.1 Å². The van der Waals surface area contributed by atoms with Crippen LogP contribution in [0.5, 0.6) is 0 Å². The van der Waals surface area contributed by atoms with Gasteiger partial charge in [-0.25, -0.2) is 0 Å². The number of benzene rings is 1. The average Bonchev–Trinajstić information content (AvgIpc) is 2.73. The van der Waals surface area contributed by atoms with Gasteiger partial charge in [-0.3, -0.25) is 14.7 Å². The van der Waals surface area contributed by atoms with Gasteiger partial charge in [0, 0.05) is 60.5 Å². The molecular weight excluding hydrogens is 364 g/mol. The van der Waals surface area contributed by atoms with Crippen molar-refractivity contribution >= 4 is 16.6 Å². The van der Waals surface area contributed by atoms with E-state index < -0.39 is 0 Å². The van der Waals surface area contributed by atoms with Crippen LogP contribution < -0.4 is 0 Å². The molecule has 2 aromatic heterocycles. The summed E-state index contributed by atoms with van der Waals surface area (Å²) in [6.45, 7) is 3.61. The molecule has 0 atom stereocenters. The van der Waals surface area contributed by atoms with E-state index in [9.17, 15) is 4.79 Å². The van der Waals surface area contributed by atoms with Crippen LogP contribution in [0, 0.1) is 5.92 Å². The van der Waals surface area contributed by atoms with Gasteiger partial charge in [-0.2, -0.15) is 10.2 Å². The molecule has 148 valence electrons. The molecule has 0 bridgehead atoms. The number of ether oxygens (including phenoxy) is 1. The van der Waals surface area contributed by atoms with E-state index in [1.165, 1.54) is 0 Å². The molecule has 2 aliphatic rings. The van der Waals surface area contributed by atoms with Gasteiger partial charge >= 0.3 is 0 Å². The summed E-state index contributed by atoms with van der Waals surface area (Å²) in [5.74, 6) is 0.484. The van der Waals surface area contributed by atoms with Crippen LogP contribution in [0.3, 0.4) is 0 Å². The molecule has 2 fully saturated rings. The molecule has 0 radical (unpaired) electrons. The lowest BCUT2D eigenvalue weighted by Crippen LogP contribution is -2.51. The maximum Gasteiger partial charge on any atom is 0.142 e. The van der Waals surface area contributed by atoms with E-state index in [0.29, 0.717) is 18.2 Å². The first-order chi connectivity index (χ1) is 14.3. The summed E-state index contributed by atoms with van der Waals surface area (Å²) >= 11 is 0. The number of carbonyl (C=O) groups is 1. The number of fused-ring (bicyclic) bond motifs is 1. The topological polar surface area (TPSA) is 68.2 Å². The van der Waals surface area contributed by atoms with E-state index in [-0.39, 0.29) is 5.92 Å². The Bertz CT molecular complexity index is 1010. The normalized spacial score (nSPS) is 22.3. The number of hydrogen-bond acceptors (Lipinski definition) is 6. The van der Waals surface area contributed by atoms with Crippen LogP contribution in [0.15, 0.2) is 48.8 Å². The van der Waals surface area contributed by atoms with Crippen molar-refractivity contribution in [1.82, 2.24) is 20.1 Å². The Hall–Kier alpha value is -2.70. The van der Waals surface area contributed by atoms with Crippen LogP contribution >= 0.6 is 0 Å². The van der Waals surface area contributed by atoms with Crippen LogP contribution in [0.1, 0.15) is 18.5 Å². The van der Waals surface area contributed by atoms with E-state index in [4.69, 9.17) is 4.74 Å². The van der Waals surface area contributed by atoms with E-state index in [0.717, 1.165) is 66.9 Å². The van der Waals surface area contributed by atoms with Crippen LogP contribution in [0.25, 0.3) is 22.0 Å². The molecule has 1 saturated carbocycles. The monoisotopic (exact) mass is 388 g/mol. The summed E-state index contributed by atoms with van der Waals surface area (Å²) in [6, 6.07) is 12.6. The van der Waals surface area contributed by atoms with Gasteiger partial charge in [0.05, 0.1) is 18.9 Å². The third kappa shape index (κ3) is 3.91. The zero-order valence-corrected chi connectivity index (χ0v) is 16.3. The summed E-state index contributed by atoms with van der Waals surface area (Å²) in [5.41, 5.74) is 2.70. The highest BCUT2D eigenvalue weighted by molar-refractivity contribution is 5.88. The van der Waals surface area contributed by atoms with Crippen molar-refractivity contribution in [2.24, 2.45) is 5.92 Å². The first-order valence-corrected chi connectivity index (χ1v) is 10.3. The maximum absolute atomic E-state index is 12.7. The van der Waals surface area contributed by atoms with Crippen molar-refractivity contribution in [3.8, 4) is 11.3 Å². The zero-order valence-electron chi connectivity index (χ0n) is 16.3. The van der Waals surface area contributed by atoms with Crippen LogP contribution in [-0.4, -0.2) is 58.2 Å². The van der Waals surface area contributed by atoms with Gasteiger partial charge in [0.2, 0.25) is 0 Å². The predicted molar refractivity (Wildman–Crippen MR) is 110 cm³/mol. The number of hydrogen-bond donors (Lipinski definition) is 0. The van der Waals surface area contributed by atoms with Crippen molar-refractivity contribution in [2.45, 2.75) is 25.3 Å². The Kier molecular flexibility index (Phi) is 5.04. The molecule has 1 saturated heterocycles. The van der Waals surface area contributed by atoms with Crippen molar-refractivity contribution < 1.29 is 9.53 Å². The average molecular weight is 388 g/mol. The molecule has 1 aliphatic carbocycles. The van der Waals surface area contributed by atoms with Gasteiger partial charge in [-0.05, 0) is 42.5 Å². The summed E-state index contributed by atoms with van der Waals surface area (Å²) in [7, 11) is 0. The number of morpholine rings is 1. The molecule has 0 N–H and O–H groups in total. The SMILES string of the molecule is O=C(Cc1cc2cc(-c3cccnn3)ccc2cn1)C1CC(N2CCOCC2)C1. The van der Waals surface area contributed by atoms with Gasteiger partial charge in [0.1, 0.15) is 5.78 Å². The third-order valence-corrected chi connectivity index (χ3v) is 6.13. The highest BCUT2D eigenvalue weighted by atomic mass is 16.5. The van der Waals surface area contributed by atoms with Gasteiger partial charge in [-0.15, -0.1) is 0 Å². The first-order valence-electron chi connectivity index (χ1n) is 10.3. The molecule has 3 aromatic rings. The third-order valence-electron chi connectivity index (χ3n) is 6.13. The van der Waals surface area contributed by atoms with E-state index in [1.54, 1.807) is 6.20 Å². The molecule has 5 rings (SSSR count). The molecular formula is C23H24N4O2. The molecule has 0 spiro atoms. The van der Waals surface area contributed by atoms with Gasteiger partial charge in [-0.1, -0.05) is 12.1 Å². The highest BCUT2D eigenvalue weighted by Gasteiger charge is 2.37. The van der Waals surface area contributed by atoms with Crippen LogP contribution in [-0.2, 0) is 16.0 Å². The van der Waals surface area contributed by atoms with Crippen molar-refractivity contribution in [3.63, 3.8) is 0 Å². The lowest BCUT2D eigenvalue weighted by atomic mass is 9.75. The molecule has 6 nitrogen and oxygen atoms in total. The quantitative estimate of drug-likeness (QED) is 0.669. The molecule has 3 heterocycles. The standard InChI is InChI=1S/C23H24N4O2/c28-23(19-12-21(13-19)27-6-8-29-9-7-27)14-20-11-18-10-16(3-4-17(18)15-24-20)22-2-1-5-25-26-22/h1-5,10-11,15,19,21H,6-9,12-14H2. The van der Waals surface area contributed by atoms with Gasteiger partial charge < -0.3 is 4.74 Å². The Morgan fingerprint density at radius 3 is 2.76 bits per heavy atom. The fourth-order valence-electron chi connectivity index (χ4n) is 4.31. The minimum absolute atomic E-state index is 0.172. The Morgan fingerprint density at radius 1 is 1.10 bits per heavy atom. The lowest BCUT2D eigenvalue weighted by Gasteiger charge is -2.43. The van der Waals surface area contributed by atoms with Crippen LogP contribution in [0.4, 0.5) is 0 Å². The second-order valence-corrected chi connectivity index (χ2v) is 7.96. The van der Waals surface area contributed by atoms with Crippen molar-refractivity contribution in [1.29, 1.82) is 0 Å². The smallest absolute Gasteiger partial charge is 0.142 e. The Morgan fingerprint density at radius 2 is 1.97 bits per heavy atom. The van der Waals surface area contributed by atoms with Crippen LogP contribution in [0.2, 0.25) is 0 Å². The molecule has 1 aliphatic heterocycles. The number of Topliss-reactive ketones (excluding diaryl/α,β-unsaturated/α-hetero) is 1. The van der Waals surface area contributed by atoms with E-state index >= 15 is 0 Å². The zero-order chi connectivity index (χ0) is 19.6. The molecule has 0 unspecified atom stereocenters. The number of rotatable bonds is 5. The predicted octanol–water partition coefficient (Wildman–Crippen LogP) is 2.91. The summed E-state index contributed by atoms with van der Waals surface area (Å²) in [5, 5.41) is 10.3.